The van der Waals surface area contributed by atoms with E-state index in [-0.39, 0.29) is 6.61 Å². The lowest BCUT2D eigenvalue weighted by molar-refractivity contribution is -0.873. The van der Waals surface area contributed by atoms with Gasteiger partial charge in [0.2, 0.25) is 0 Å². The van der Waals surface area contributed by atoms with Gasteiger partial charge in [0, 0.05) is 0 Å². The van der Waals surface area contributed by atoms with Gasteiger partial charge in [-0.3, -0.25) is 0 Å². The first-order chi connectivity index (χ1) is 10.8. The number of allylic oxidation sites excluding steroid dienone is 1. The van der Waals surface area contributed by atoms with Gasteiger partial charge in [0.05, 0.1) is 21.1 Å². The van der Waals surface area contributed by atoms with Crippen molar-refractivity contribution in [1.82, 2.24) is 0 Å². The van der Waals surface area contributed by atoms with E-state index in [9.17, 15) is 10.2 Å². The second-order valence-electron chi connectivity index (χ2n) is 6.84. The van der Waals surface area contributed by atoms with Crippen LogP contribution in [0.25, 0.3) is 6.08 Å². The molecule has 0 saturated carbocycles. The smallest absolute Gasteiger partial charge is 0.137 e. The molecule has 23 heavy (non-hydrogen) atoms. The minimum absolute atomic E-state index is 0.218. The molecule has 0 fully saturated rings. The zero-order chi connectivity index (χ0) is 16.9. The molecule has 0 aromatic heterocycles. The maximum absolute atomic E-state index is 10.2. The van der Waals surface area contributed by atoms with Gasteiger partial charge in [-0.15, -0.1) is 0 Å². The van der Waals surface area contributed by atoms with Crippen molar-refractivity contribution in [3.8, 4) is 0 Å². The Kier molecular flexibility index (Phi) is 5.77. The molecule has 2 N–H and O–H groups in total. The number of quaternary nitrogens is 1. The summed E-state index contributed by atoms with van der Waals surface area (Å²) in [6.07, 6.45) is 6.03. The van der Waals surface area contributed by atoms with Crippen LogP contribution in [0.15, 0.2) is 59.9 Å². The first kappa shape index (κ1) is 17.5. The fraction of sp³-hybridized carbons (Fsp3) is 0.368. The molecule has 0 bridgehead atoms. The maximum atomic E-state index is 10.2. The van der Waals surface area contributed by atoms with Crippen molar-refractivity contribution in [2.45, 2.75) is 12.2 Å². The molecular formula is C19H26NO3+. The van der Waals surface area contributed by atoms with Crippen molar-refractivity contribution in [2.75, 3.05) is 34.3 Å². The summed E-state index contributed by atoms with van der Waals surface area (Å²) in [5, 5.41) is 20.2. The van der Waals surface area contributed by atoms with Gasteiger partial charge in [0.25, 0.3) is 0 Å². The van der Waals surface area contributed by atoms with Gasteiger partial charge in [-0.05, 0) is 29.4 Å². The lowest BCUT2D eigenvalue weighted by atomic mass is 10.0. The molecule has 2 rings (SSSR count). The molecule has 0 aliphatic heterocycles. The van der Waals surface area contributed by atoms with Crippen LogP contribution in [0.4, 0.5) is 0 Å². The molecule has 1 aromatic carbocycles. The average Bonchev–Trinajstić information content (AvgIpc) is 2.47. The number of aliphatic hydroxyl groups excluding tert-OH is 2. The number of aliphatic hydroxyl groups is 2. The zero-order valence-corrected chi connectivity index (χ0v) is 14.0. The van der Waals surface area contributed by atoms with Crippen LogP contribution in [0.5, 0.6) is 0 Å². The Balaban J connectivity index is 1.92. The summed E-state index contributed by atoms with van der Waals surface area (Å²) in [6, 6.07) is 9.87. The van der Waals surface area contributed by atoms with E-state index in [4.69, 9.17) is 4.74 Å². The molecule has 0 heterocycles. The number of nitrogens with zero attached hydrogens (tertiary/aromatic N) is 1. The van der Waals surface area contributed by atoms with E-state index in [2.05, 4.69) is 0 Å². The van der Waals surface area contributed by atoms with Crippen LogP contribution in [0.2, 0.25) is 0 Å². The Morgan fingerprint density at radius 2 is 1.87 bits per heavy atom. The Labute approximate surface area is 138 Å². The number of hydrogen-bond acceptors (Lipinski definition) is 3. The lowest BCUT2D eigenvalue weighted by Crippen LogP contribution is -2.42. The second kappa shape index (κ2) is 7.59. The largest absolute Gasteiger partial charge is 0.491 e. The molecule has 1 aromatic rings. The Hall–Kier alpha value is -1.88. The number of hydrogen-bond donors (Lipinski definition) is 2. The lowest BCUT2D eigenvalue weighted by Gasteiger charge is -2.27. The predicted molar refractivity (Wildman–Crippen MR) is 92.5 cm³/mol. The van der Waals surface area contributed by atoms with Gasteiger partial charge >= 0.3 is 0 Å². The first-order valence-electron chi connectivity index (χ1n) is 7.79. The maximum Gasteiger partial charge on any atom is 0.137 e. The third kappa shape index (κ3) is 6.02. The van der Waals surface area contributed by atoms with Crippen molar-refractivity contribution in [3.05, 3.63) is 65.5 Å². The summed E-state index contributed by atoms with van der Waals surface area (Å²) < 4.78 is 6.26. The highest BCUT2D eigenvalue weighted by molar-refractivity contribution is 5.59. The fourth-order valence-electron chi connectivity index (χ4n) is 2.43. The van der Waals surface area contributed by atoms with Crippen LogP contribution in [-0.2, 0) is 4.74 Å². The Bertz CT molecular complexity index is 597. The quantitative estimate of drug-likeness (QED) is 0.789. The highest BCUT2D eigenvalue weighted by Gasteiger charge is 2.17. The van der Waals surface area contributed by atoms with Crippen molar-refractivity contribution >= 4 is 6.08 Å². The molecule has 2 unspecified atom stereocenters. The molecule has 2 atom stereocenters. The van der Waals surface area contributed by atoms with Crippen LogP contribution in [-0.4, -0.2) is 61.2 Å². The molecule has 0 spiro atoms. The molecule has 1 aliphatic carbocycles. The van der Waals surface area contributed by atoms with Gasteiger partial charge in [0.15, 0.2) is 0 Å². The van der Waals surface area contributed by atoms with E-state index in [1.165, 1.54) is 0 Å². The second-order valence-corrected chi connectivity index (χ2v) is 6.84. The molecule has 0 saturated heterocycles. The van der Waals surface area contributed by atoms with Crippen LogP contribution >= 0.6 is 0 Å². The summed E-state index contributed by atoms with van der Waals surface area (Å²) in [7, 11) is 6.06. The highest BCUT2D eigenvalue weighted by atomic mass is 16.5. The number of ether oxygens (including phenoxy) is 1. The molecule has 0 radical (unpaired) electrons. The molecular weight excluding hydrogens is 290 g/mol. The Morgan fingerprint density at radius 3 is 2.48 bits per heavy atom. The highest BCUT2D eigenvalue weighted by Crippen LogP contribution is 2.20. The van der Waals surface area contributed by atoms with E-state index in [1.54, 1.807) is 6.08 Å². The minimum Gasteiger partial charge on any atom is -0.491 e. The third-order valence-electron chi connectivity index (χ3n) is 3.44. The summed E-state index contributed by atoms with van der Waals surface area (Å²) in [5.41, 5.74) is 1.86. The van der Waals surface area contributed by atoms with Crippen LogP contribution < -0.4 is 0 Å². The van der Waals surface area contributed by atoms with Gasteiger partial charge in [-0.25, -0.2) is 0 Å². The molecule has 0 amide bonds. The molecule has 1 aliphatic rings. The van der Waals surface area contributed by atoms with Crippen LogP contribution in [0.1, 0.15) is 5.56 Å². The molecule has 4 heteroatoms. The van der Waals surface area contributed by atoms with Crippen LogP contribution in [0, 0.1) is 0 Å². The monoisotopic (exact) mass is 316 g/mol. The van der Waals surface area contributed by atoms with E-state index in [0.29, 0.717) is 16.8 Å². The first-order valence-corrected chi connectivity index (χ1v) is 7.79. The topological polar surface area (TPSA) is 49.7 Å². The third-order valence-corrected chi connectivity index (χ3v) is 3.44. The summed E-state index contributed by atoms with van der Waals surface area (Å²) >= 11 is 0. The molecule has 124 valence electrons. The Morgan fingerprint density at radius 1 is 1.17 bits per heavy atom. The standard InChI is InChI=1S/C19H26NO3/c1-20(2,3)13-17(21)14-23-18-10-9-16(19(22)12-18)11-15-7-5-4-6-8-15/h4-12,17,19,21-22H,13-14H2,1-3H3/q+1. The van der Waals surface area contributed by atoms with E-state index in [0.717, 1.165) is 11.1 Å². The van der Waals surface area contributed by atoms with Gasteiger partial charge in [0.1, 0.15) is 31.1 Å². The van der Waals surface area contributed by atoms with Gasteiger partial charge in [-0.1, -0.05) is 36.4 Å². The number of benzene rings is 1. The van der Waals surface area contributed by atoms with Crippen molar-refractivity contribution in [1.29, 1.82) is 0 Å². The average molecular weight is 316 g/mol. The molecule has 4 nitrogen and oxygen atoms in total. The number of likely N-dealkylation sites (N-methyl/N-ethyl adjacent to an activating group) is 1. The number of rotatable bonds is 6. The van der Waals surface area contributed by atoms with E-state index in [1.807, 2.05) is 69.7 Å². The van der Waals surface area contributed by atoms with Crippen molar-refractivity contribution in [2.24, 2.45) is 0 Å². The van der Waals surface area contributed by atoms with E-state index < -0.39 is 12.2 Å². The summed E-state index contributed by atoms with van der Waals surface area (Å²) in [6.45, 7) is 0.828. The van der Waals surface area contributed by atoms with Crippen LogP contribution in [0.3, 0.4) is 0 Å². The van der Waals surface area contributed by atoms with Crippen molar-refractivity contribution in [3.63, 3.8) is 0 Å². The van der Waals surface area contributed by atoms with Gasteiger partial charge < -0.3 is 19.4 Å². The summed E-state index contributed by atoms with van der Waals surface area (Å²) in [4.78, 5) is 0. The summed E-state index contributed by atoms with van der Waals surface area (Å²) in [5.74, 6) is 0.586. The normalized spacial score (nSPS) is 21.2. The minimum atomic E-state index is -0.703. The predicted octanol–water partition coefficient (Wildman–Crippen LogP) is 1.97. The van der Waals surface area contributed by atoms with Crippen molar-refractivity contribution < 1.29 is 19.4 Å². The SMILES string of the molecule is C[N+](C)(C)CC(O)COC1=CC(O)C(=Cc2ccccc2)C=C1. The fourth-order valence-corrected chi connectivity index (χ4v) is 2.43. The zero-order valence-electron chi connectivity index (χ0n) is 14.0. The van der Waals surface area contributed by atoms with E-state index >= 15 is 0 Å². The van der Waals surface area contributed by atoms with Gasteiger partial charge in [-0.2, -0.15) is 0 Å².